The first-order valence-electron chi connectivity index (χ1n) is 12.1. The zero-order valence-corrected chi connectivity index (χ0v) is 22.0. The number of imidazole rings is 1. The largest absolute Gasteiger partial charge is 0.495 e. The van der Waals surface area contributed by atoms with Crippen molar-refractivity contribution in [2.75, 3.05) is 38.2 Å². The molecule has 36 heavy (non-hydrogen) atoms. The summed E-state index contributed by atoms with van der Waals surface area (Å²) < 4.78 is 6.92. The van der Waals surface area contributed by atoms with Crippen LogP contribution in [0.15, 0.2) is 43.0 Å². The Hall–Kier alpha value is -2.88. The predicted molar refractivity (Wildman–Crippen MR) is 141 cm³/mol. The van der Waals surface area contributed by atoms with Crippen molar-refractivity contribution in [3.05, 3.63) is 58.7 Å². The first kappa shape index (κ1) is 26.2. The topological polar surface area (TPSA) is 88.4 Å². The number of ether oxygens (including phenoxy) is 1. The highest BCUT2D eigenvalue weighted by molar-refractivity contribution is 6.32. The number of unbranched alkanes of at least 4 members (excludes halogenated alkanes) is 1. The number of hydrogen-bond acceptors (Lipinski definition) is 7. The van der Waals surface area contributed by atoms with Crippen LogP contribution in [0.3, 0.4) is 0 Å². The van der Waals surface area contributed by atoms with Crippen molar-refractivity contribution in [2.24, 2.45) is 0 Å². The van der Waals surface area contributed by atoms with Gasteiger partial charge >= 0.3 is 0 Å². The monoisotopic (exact) mass is 531 g/mol. The van der Waals surface area contributed by atoms with E-state index in [2.05, 4.69) is 32.0 Å². The minimum Gasteiger partial charge on any atom is -0.495 e. The van der Waals surface area contributed by atoms with Gasteiger partial charge in [0.2, 0.25) is 11.9 Å². The highest BCUT2D eigenvalue weighted by atomic mass is 35.5. The number of amides is 1. The SMILES string of the molecule is CCCCN1CCN(c2cc(Cl)nc(-n3ccnc3)n2)C(CC(=O)NCc2ccc(OC)c(Cl)c2)C1. The lowest BCUT2D eigenvalue weighted by molar-refractivity contribution is -0.121. The third kappa shape index (κ3) is 6.66. The molecule has 1 amide bonds. The van der Waals surface area contributed by atoms with Gasteiger partial charge in [0.25, 0.3) is 0 Å². The number of nitrogens with one attached hydrogen (secondary N) is 1. The summed E-state index contributed by atoms with van der Waals surface area (Å²) in [6, 6.07) is 7.20. The van der Waals surface area contributed by atoms with E-state index in [-0.39, 0.29) is 11.9 Å². The van der Waals surface area contributed by atoms with Crippen molar-refractivity contribution in [1.82, 2.24) is 29.7 Å². The number of methoxy groups -OCH3 is 1. The number of carbonyl (C=O) groups excluding carboxylic acids is 1. The Balaban J connectivity index is 1.49. The third-order valence-electron chi connectivity index (χ3n) is 6.22. The van der Waals surface area contributed by atoms with Crippen molar-refractivity contribution >= 4 is 34.9 Å². The number of aromatic nitrogens is 4. The molecule has 192 valence electrons. The summed E-state index contributed by atoms with van der Waals surface area (Å²) in [5.74, 6) is 1.72. The van der Waals surface area contributed by atoms with E-state index in [0.29, 0.717) is 40.7 Å². The Kier molecular flexibility index (Phi) is 9.01. The summed E-state index contributed by atoms with van der Waals surface area (Å²) in [7, 11) is 1.58. The number of hydrogen-bond donors (Lipinski definition) is 1. The molecule has 1 N–H and O–H groups in total. The molecule has 0 bridgehead atoms. The second-order valence-corrected chi connectivity index (χ2v) is 9.56. The van der Waals surface area contributed by atoms with Crippen LogP contribution in [0.2, 0.25) is 10.2 Å². The van der Waals surface area contributed by atoms with Crippen molar-refractivity contribution in [3.8, 4) is 11.7 Å². The van der Waals surface area contributed by atoms with E-state index in [1.807, 2.05) is 6.07 Å². The fourth-order valence-electron chi connectivity index (χ4n) is 4.32. The third-order valence-corrected chi connectivity index (χ3v) is 6.71. The maximum Gasteiger partial charge on any atom is 0.238 e. The van der Waals surface area contributed by atoms with Gasteiger partial charge in [-0.1, -0.05) is 42.6 Å². The standard InChI is InChI=1S/C25H31Cl2N7O2/c1-3-4-8-32-10-11-34(23-14-22(27)30-25(31-23)33-9-7-28-17-33)19(16-32)13-24(35)29-15-18-5-6-21(36-2)20(26)12-18/h5-7,9,12,14,17,19H,3-4,8,10-11,13,15-16H2,1-2H3,(H,29,35). The molecule has 1 aliphatic heterocycles. The maximum absolute atomic E-state index is 13.0. The molecule has 0 saturated carbocycles. The first-order chi connectivity index (χ1) is 17.5. The van der Waals surface area contributed by atoms with Crippen molar-refractivity contribution < 1.29 is 9.53 Å². The molecule has 3 heterocycles. The Morgan fingerprint density at radius 2 is 2.08 bits per heavy atom. The summed E-state index contributed by atoms with van der Waals surface area (Å²) in [5, 5.41) is 3.89. The molecular formula is C25H31Cl2N7O2. The van der Waals surface area contributed by atoms with Gasteiger partial charge in [-0.05, 0) is 30.7 Å². The summed E-state index contributed by atoms with van der Waals surface area (Å²) in [5.41, 5.74) is 0.909. The lowest BCUT2D eigenvalue weighted by atomic mass is 10.1. The molecule has 2 aromatic heterocycles. The minimum absolute atomic E-state index is 0.0377. The Morgan fingerprint density at radius 3 is 2.81 bits per heavy atom. The molecule has 11 heteroatoms. The zero-order valence-electron chi connectivity index (χ0n) is 20.5. The molecule has 0 aliphatic carbocycles. The van der Waals surface area contributed by atoms with E-state index in [0.717, 1.165) is 44.6 Å². The second kappa shape index (κ2) is 12.4. The van der Waals surface area contributed by atoms with Gasteiger partial charge in [-0.15, -0.1) is 0 Å². The number of carbonyl (C=O) groups is 1. The van der Waals surface area contributed by atoms with Gasteiger partial charge in [0.05, 0.1) is 18.2 Å². The molecule has 1 saturated heterocycles. The molecule has 0 radical (unpaired) electrons. The zero-order chi connectivity index (χ0) is 25.5. The van der Waals surface area contributed by atoms with Crippen LogP contribution in [-0.2, 0) is 11.3 Å². The minimum atomic E-state index is -0.0586. The normalized spacial score (nSPS) is 16.2. The lowest BCUT2D eigenvalue weighted by Gasteiger charge is -2.42. The molecule has 9 nitrogen and oxygen atoms in total. The van der Waals surface area contributed by atoms with Gasteiger partial charge in [-0.3, -0.25) is 14.3 Å². The predicted octanol–water partition coefficient (Wildman–Crippen LogP) is 3.97. The molecule has 1 aliphatic rings. The maximum atomic E-state index is 13.0. The van der Waals surface area contributed by atoms with Crippen LogP contribution in [-0.4, -0.2) is 69.7 Å². The summed E-state index contributed by atoms with van der Waals surface area (Å²) in [6.07, 6.45) is 7.66. The van der Waals surface area contributed by atoms with E-state index in [9.17, 15) is 4.79 Å². The Labute approximate surface area is 221 Å². The molecule has 0 spiro atoms. The molecule has 1 unspecified atom stereocenters. The Morgan fingerprint density at radius 1 is 1.22 bits per heavy atom. The number of piperazine rings is 1. The number of halogens is 2. The van der Waals surface area contributed by atoms with Gasteiger partial charge in [-0.25, -0.2) is 9.97 Å². The highest BCUT2D eigenvalue weighted by Gasteiger charge is 2.30. The van der Waals surface area contributed by atoms with E-state index >= 15 is 0 Å². The van der Waals surface area contributed by atoms with E-state index < -0.39 is 0 Å². The highest BCUT2D eigenvalue weighted by Crippen LogP contribution is 2.26. The molecule has 3 aromatic rings. The number of nitrogens with zero attached hydrogens (tertiary/aromatic N) is 6. The molecule has 1 aromatic carbocycles. The average molecular weight is 532 g/mol. The molecule has 1 atom stereocenters. The first-order valence-corrected chi connectivity index (χ1v) is 12.8. The van der Waals surface area contributed by atoms with Crippen LogP contribution >= 0.6 is 23.2 Å². The second-order valence-electron chi connectivity index (χ2n) is 8.77. The van der Waals surface area contributed by atoms with Crippen molar-refractivity contribution in [1.29, 1.82) is 0 Å². The van der Waals surface area contributed by atoms with E-state index in [4.69, 9.17) is 32.9 Å². The lowest BCUT2D eigenvalue weighted by Crippen LogP contribution is -2.55. The summed E-state index contributed by atoms with van der Waals surface area (Å²) >= 11 is 12.6. The van der Waals surface area contributed by atoms with Gasteiger partial charge in [0.15, 0.2) is 0 Å². The van der Waals surface area contributed by atoms with Crippen LogP contribution in [0.1, 0.15) is 31.7 Å². The Bertz CT molecular complexity index is 1160. The smallest absolute Gasteiger partial charge is 0.238 e. The summed E-state index contributed by atoms with van der Waals surface area (Å²) in [4.78, 5) is 30.8. The molecular weight excluding hydrogens is 501 g/mol. The van der Waals surface area contributed by atoms with Crippen LogP contribution in [0.5, 0.6) is 5.75 Å². The van der Waals surface area contributed by atoms with Crippen molar-refractivity contribution in [2.45, 2.75) is 38.8 Å². The van der Waals surface area contributed by atoms with E-state index in [1.54, 1.807) is 48.6 Å². The molecule has 1 fully saturated rings. The van der Waals surface area contributed by atoms with Gasteiger partial charge < -0.3 is 15.0 Å². The quantitative estimate of drug-likeness (QED) is 0.396. The number of anilines is 1. The fourth-order valence-corrected chi connectivity index (χ4v) is 4.78. The van der Waals surface area contributed by atoms with Gasteiger partial charge in [0.1, 0.15) is 23.0 Å². The summed E-state index contributed by atoms with van der Waals surface area (Å²) in [6.45, 7) is 5.99. The van der Waals surface area contributed by atoms with E-state index in [1.165, 1.54) is 0 Å². The van der Waals surface area contributed by atoms with Crippen LogP contribution in [0.4, 0.5) is 5.82 Å². The average Bonchev–Trinajstić information content (AvgIpc) is 3.41. The van der Waals surface area contributed by atoms with Crippen LogP contribution in [0, 0.1) is 0 Å². The van der Waals surface area contributed by atoms with Gasteiger partial charge in [0, 0.05) is 51.1 Å². The number of rotatable bonds is 10. The van der Waals surface area contributed by atoms with Crippen LogP contribution in [0.25, 0.3) is 5.95 Å². The number of benzene rings is 1. The van der Waals surface area contributed by atoms with Gasteiger partial charge in [-0.2, -0.15) is 4.98 Å². The fraction of sp³-hybridized carbons (Fsp3) is 0.440. The van der Waals surface area contributed by atoms with Crippen LogP contribution < -0.4 is 15.0 Å². The molecule has 4 rings (SSSR count). The van der Waals surface area contributed by atoms with Crippen molar-refractivity contribution in [3.63, 3.8) is 0 Å².